The Labute approximate surface area is 150 Å². The maximum absolute atomic E-state index is 12.3. The number of nitrogens with one attached hydrogen (secondary N) is 1. The molecular weight excluding hydrogens is 351 g/mol. The molecule has 0 spiro atoms. The minimum absolute atomic E-state index is 0.269. The number of fused-ring (bicyclic) bond motifs is 1. The number of ether oxygens (including phenoxy) is 2. The number of amides is 2. The van der Waals surface area contributed by atoms with Crippen molar-refractivity contribution in [2.45, 2.75) is 6.54 Å². The van der Waals surface area contributed by atoms with Crippen LogP contribution in [0.2, 0.25) is 10.0 Å². The first kappa shape index (κ1) is 16.7. The molecule has 2 amide bonds. The van der Waals surface area contributed by atoms with Crippen LogP contribution in [-0.2, 0) is 6.54 Å². The summed E-state index contributed by atoms with van der Waals surface area (Å²) in [6.45, 7) is 1.51. The lowest BCUT2D eigenvalue weighted by molar-refractivity contribution is 0.171. The van der Waals surface area contributed by atoms with Crippen LogP contribution in [0.3, 0.4) is 0 Å². The van der Waals surface area contributed by atoms with Gasteiger partial charge in [-0.25, -0.2) is 4.79 Å². The van der Waals surface area contributed by atoms with Crippen LogP contribution in [0, 0.1) is 0 Å². The van der Waals surface area contributed by atoms with Crippen LogP contribution in [0.4, 0.5) is 10.5 Å². The summed E-state index contributed by atoms with van der Waals surface area (Å²) in [5, 5.41) is 3.67. The second-order valence-electron chi connectivity index (χ2n) is 5.39. The third-order valence-corrected chi connectivity index (χ3v) is 4.09. The predicted molar refractivity (Wildman–Crippen MR) is 94.4 cm³/mol. The summed E-state index contributed by atoms with van der Waals surface area (Å²) in [6.07, 6.45) is 0. The molecule has 1 aliphatic heterocycles. The van der Waals surface area contributed by atoms with Crippen molar-refractivity contribution < 1.29 is 14.3 Å². The molecular formula is C17H16Cl2N2O3. The van der Waals surface area contributed by atoms with Crippen molar-refractivity contribution in [3.05, 3.63) is 52.0 Å². The van der Waals surface area contributed by atoms with Gasteiger partial charge in [0.05, 0.1) is 10.7 Å². The van der Waals surface area contributed by atoms with Gasteiger partial charge < -0.3 is 19.7 Å². The molecule has 3 rings (SSSR count). The number of hydrogen-bond donors (Lipinski definition) is 1. The number of urea groups is 1. The second-order valence-corrected chi connectivity index (χ2v) is 6.23. The molecule has 0 atom stereocenters. The molecule has 0 aliphatic carbocycles. The van der Waals surface area contributed by atoms with E-state index in [4.69, 9.17) is 32.7 Å². The normalized spacial score (nSPS) is 12.6. The van der Waals surface area contributed by atoms with E-state index >= 15 is 0 Å². The Balaban J connectivity index is 1.65. The van der Waals surface area contributed by atoms with Crippen LogP contribution in [-0.4, -0.2) is 31.2 Å². The van der Waals surface area contributed by atoms with E-state index < -0.39 is 0 Å². The summed E-state index contributed by atoms with van der Waals surface area (Å²) in [6, 6.07) is 10.3. The van der Waals surface area contributed by atoms with Gasteiger partial charge in [0.2, 0.25) is 0 Å². The average molecular weight is 367 g/mol. The molecule has 0 unspecified atom stereocenters. The van der Waals surface area contributed by atoms with E-state index in [1.54, 1.807) is 30.1 Å². The van der Waals surface area contributed by atoms with Gasteiger partial charge in [-0.05, 0) is 35.9 Å². The molecule has 7 heteroatoms. The minimum Gasteiger partial charge on any atom is -0.486 e. The van der Waals surface area contributed by atoms with Crippen LogP contribution in [0.25, 0.3) is 0 Å². The molecule has 0 bridgehead atoms. The molecule has 0 saturated carbocycles. The third-order valence-electron chi connectivity index (χ3n) is 3.55. The van der Waals surface area contributed by atoms with Gasteiger partial charge in [-0.3, -0.25) is 0 Å². The summed E-state index contributed by atoms with van der Waals surface area (Å²) < 4.78 is 11.0. The highest BCUT2D eigenvalue weighted by Gasteiger charge is 2.15. The van der Waals surface area contributed by atoms with Gasteiger partial charge in [0.25, 0.3) is 0 Å². The number of halogens is 2. The Kier molecular flexibility index (Phi) is 5.02. The zero-order valence-electron chi connectivity index (χ0n) is 13.0. The molecule has 2 aromatic rings. The zero-order chi connectivity index (χ0) is 17.1. The summed E-state index contributed by atoms with van der Waals surface area (Å²) in [4.78, 5) is 13.9. The largest absolute Gasteiger partial charge is 0.486 e. The molecule has 126 valence electrons. The summed E-state index contributed by atoms with van der Waals surface area (Å²) in [5.41, 5.74) is 1.46. The number of carbonyl (C=O) groups excluding carboxylic acids is 1. The van der Waals surface area contributed by atoms with E-state index in [9.17, 15) is 4.79 Å². The Bertz CT molecular complexity index is 767. The average Bonchev–Trinajstić information content (AvgIpc) is 2.57. The molecule has 0 saturated heterocycles. The van der Waals surface area contributed by atoms with Gasteiger partial charge in [0.1, 0.15) is 13.2 Å². The Morgan fingerprint density at radius 3 is 2.62 bits per heavy atom. The van der Waals surface area contributed by atoms with E-state index in [0.717, 1.165) is 11.3 Å². The van der Waals surface area contributed by atoms with Crippen LogP contribution in [0.1, 0.15) is 5.56 Å². The van der Waals surface area contributed by atoms with Crippen molar-refractivity contribution in [3.8, 4) is 11.5 Å². The van der Waals surface area contributed by atoms with Crippen molar-refractivity contribution in [2.75, 3.05) is 25.6 Å². The van der Waals surface area contributed by atoms with E-state index in [-0.39, 0.29) is 6.03 Å². The summed E-state index contributed by atoms with van der Waals surface area (Å²) in [7, 11) is 1.70. The van der Waals surface area contributed by atoms with Crippen molar-refractivity contribution >= 4 is 34.9 Å². The molecule has 24 heavy (non-hydrogen) atoms. The highest BCUT2D eigenvalue weighted by atomic mass is 35.5. The maximum Gasteiger partial charge on any atom is 0.321 e. The fraction of sp³-hybridized carbons (Fsp3) is 0.235. The fourth-order valence-electron chi connectivity index (χ4n) is 2.33. The minimum atomic E-state index is -0.269. The molecule has 0 fully saturated rings. The van der Waals surface area contributed by atoms with E-state index in [1.165, 1.54) is 0 Å². The number of anilines is 1. The van der Waals surface area contributed by atoms with Gasteiger partial charge in [0, 0.05) is 18.6 Å². The first-order chi connectivity index (χ1) is 11.5. The number of carbonyl (C=O) groups is 1. The van der Waals surface area contributed by atoms with Gasteiger partial charge in [-0.15, -0.1) is 0 Å². The number of nitrogens with zero attached hydrogens (tertiary/aromatic N) is 1. The molecule has 1 aliphatic rings. The van der Waals surface area contributed by atoms with E-state index in [2.05, 4.69) is 5.32 Å². The maximum atomic E-state index is 12.3. The molecule has 1 heterocycles. The van der Waals surface area contributed by atoms with Crippen molar-refractivity contribution in [3.63, 3.8) is 0 Å². The lowest BCUT2D eigenvalue weighted by Gasteiger charge is -2.21. The third kappa shape index (κ3) is 3.86. The fourth-order valence-corrected chi connectivity index (χ4v) is 2.79. The highest BCUT2D eigenvalue weighted by molar-refractivity contribution is 6.36. The summed E-state index contributed by atoms with van der Waals surface area (Å²) in [5.74, 6) is 1.43. The summed E-state index contributed by atoms with van der Waals surface area (Å²) >= 11 is 11.9. The lowest BCUT2D eigenvalue weighted by Crippen LogP contribution is -2.31. The van der Waals surface area contributed by atoms with Crippen molar-refractivity contribution in [1.82, 2.24) is 4.90 Å². The van der Waals surface area contributed by atoms with Gasteiger partial charge in [-0.1, -0.05) is 29.3 Å². The van der Waals surface area contributed by atoms with Gasteiger partial charge in [-0.2, -0.15) is 0 Å². The van der Waals surface area contributed by atoms with E-state index in [0.29, 0.717) is 41.2 Å². The smallest absolute Gasteiger partial charge is 0.321 e. The second kappa shape index (κ2) is 7.20. The van der Waals surface area contributed by atoms with Crippen LogP contribution in [0.15, 0.2) is 36.4 Å². The Morgan fingerprint density at radius 1 is 1.12 bits per heavy atom. The van der Waals surface area contributed by atoms with Crippen LogP contribution in [0.5, 0.6) is 11.5 Å². The number of benzene rings is 2. The molecule has 1 N–H and O–H groups in total. The molecule has 0 aromatic heterocycles. The molecule has 5 nitrogen and oxygen atoms in total. The quantitative estimate of drug-likeness (QED) is 0.873. The topological polar surface area (TPSA) is 50.8 Å². The van der Waals surface area contributed by atoms with E-state index in [1.807, 2.05) is 18.2 Å². The first-order valence-electron chi connectivity index (χ1n) is 7.38. The number of hydrogen-bond acceptors (Lipinski definition) is 3. The van der Waals surface area contributed by atoms with Crippen molar-refractivity contribution in [2.24, 2.45) is 0 Å². The van der Waals surface area contributed by atoms with Gasteiger partial charge >= 0.3 is 6.03 Å². The standard InChI is InChI=1S/C17H16Cl2N2O3/c1-21(17(22)20-14-4-3-12(18)9-13(14)19)10-11-2-5-15-16(8-11)24-7-6-23-15/h2-5,8-9H,6-7,10H2,1H3,(H,20,22). The first-order valence-corrected chi connectivity index (χ1v) is 8.14. The van der Waals surface area contributed by atoms with Crippen molar-refractivity contribution in [1.29, 1.82) is 0 Å². The zero-order valence-corrected chi connectivity index (χ0v) is 14.5. The predicted octanol–water partition coefficient (Wildman–Crippen LogP) is 4.43. The monoisotopic (exact) mass is 366 g/mol. The lowest BCUT2D eigenvalue weighted by atomic mass is 10.2. The Morgan fingerprint density at radius 2 is 1.88 bits per heavy atom. The SMILES string of the molecule is CN(Cc1ccc2c(c1)OCCO2)C(=O)Nc1ccc(Cl)cc1Cl. The molecule has 2 aromatic carbocycles. The number of rotatable bonds is 3. The van der Waals surface area contributed by atoms with Gasteiger partial charge in [0.15, 0.2) is 11.5 Å². The molecule has 0 radical (unpaired) electrons. The Hall–Kier alpha value is -2.11. The highest BCUT2D eigenvalue weighted by Crippen LogP contribution is 2.31. The van der Waals surface area contributed by atoms with Crippen LogP contribution >= 0.6 is 23.2 Å². The van der Waals surface area contributed by atoms with Crippen LogP contribution < -0.4 is 14.8 Å².